The number of rotatable bonds is 42. The molecule has 0 aliphatic heterocycles. The molecular weight excluding hydrogens is 578 g/mol. The zero-order chi connectivity index (χ0) is 32.4. The Kier molecular flexibility index (Phi) is 43.2. The lowest BCUT2D eigenvalue weighted by Crippen LogP contribution is -2.17. The van der Waals surface area contributed by atoms with Crippen LogP contribution < -0.4 is 5.32 Å². The van der Waals surface area contributed by atoms with Crippen molar-refractivity contribution < 1.29 is 42.6 Å². The summed E-state index contributed by atoms with van der Waals surface area (Å²) in [7, 11) is 1.90. The maximum atomic E-state index is 5.68. The van der Waals surface area contributed by atoms with Crippen molar-refractivity contribution in [3.05, 3.63) is 0 Å². The first-order valence-electron chi connectivity index (χ1n) is 18.3. The van der Waals surface area contributed by atoms with E-state index in [9.17, 15) is 0 Å². The van der Waals surface area contributed by atoms with E-state index in [2.05, 4.69) is 12.2 Å². The number of nitrogens with one attached hydrogen (secondary N) is 1. The average molecular weight is 652 g/mol. The molecule has 272 valence electrons. The van der Waals surface area contributed by atoms with Crippen LogP contribution in [0.1, 0.15) is 96.8 Å². The third-order valence-electron chi connectivity index (χ3n) is 7.11. The Bertz CT molecular complexity index is 464. The molecular formula is C35H73NO9. The lowest BCUT2D eigenvalue weighted by atomic mass is 10.0. The van der Waals surface area contributed by atoms with Crippen molar-refractivity contribution in [2.45, 2.75) is 96.8 Å². The van der Waals surface area contributed by atoms with Gasteiger partial charge >= 0.3 is 0 Å². The summed E-state index contributed by atoms with van der Waals surface area (Å²) in [4.78, 5) is 0. The zero-order valence-electron chi connectivity index (χ0n) is 29.5. The van der Waals surface area contributed by atoms with Crippen LogP contribution in [0.3, 0.4) is 0 Å². The largest absolute Gasteiger partial charge is 0.379 e. The van der Waals surface area contributed by atoms with Gasteiger partial charge in [-0.1, -0.05) is 90.4 Å². The van der Waals surface area contributed by atoms with Gasteiger partial charge in [0.15, 0.2) is 0 Å². The second kappa shape index (κ2) is 43.6. The van der Waals surface area contributed by atoms with Gasteiger partial charge in [-0.2, -0.15) is 0 Å². The Morgan fingerprint density at radius 2 is 0.489 bits per heavy atom. The topological polar surface area (TPSA) is 95.1 Å². The molecule has 0 unspecified atom stereocenters. The molecule has 0 aromatic heterocycles. The van der Waals surface area contributed by atoms with Crippen molar-refractivity contribution >= 4 is 0 Å². The van der Waals surface area contributed by atoms with Crippen LogP contribution in [0.2, 0.25) is 0 Å². The van der Waals surface area contributed by atoms with Crippen molar-refractivity contribution in [2.75, 3.05) is 133 Å². The Labute approximate surface area is 277 Å². The van der Waals surface area contributed by atoms with Crippen molar-refractivity contribution in [3.63, 3.8) is 0 Å². The smallest absolute Gasteiger partial charge is 0.0701 e. The van der Waals surface area contributed by atoms with E-state index in [0.717, 1.165) is 19.6 Å². The highest BCUT2D eigenvalue weighted by Crippen LogP contribution is 2.12. The zero-order valence-corrected chi connectivity index (χ0v) is 29.5. The number of unbranched alkanes of at least 4 members (excludes halogenated alkanes) is 13. The van der Waals surface area contributed by atoms with Gasteiger partial charge in [-0.3, -0.25) is 0 Å². The first-order valence-corrected chi connectivity index (χ1v) is 18.3. The van der Waals surface area contributed by atoms with Crippen molar-refractivity contribution in [1.29, 1.82) is 0 Å². The van der Waals surface area contributed by atoms with E-state index >= 15 is 0 Å². The minimum absolute atomic E-state index is 0.539. The van der Waals surface area contributed by atoms with E-state index in [4.69, 9.17) is 42.6 Å². The molecule has 45 heavy (non-hydrogen) atoms. The molecule has 0 atom stereocenters. The minimum Gasteiger partial charge on any atom is -0.379 e. The lowest BCUT2D eigenvalue weighted by Gasteiger charge is -2.09. The molecule has 0 amide bonds. The van der Waals surface area contributed by atoms with Crippen LogP contribution in [0.25, 0.3) is 0 Å². The summed E-state index contributed by atoms with van der Waals surface area (Å²) in [5.41, 5.74) is 0. The predicted molar refractivity (Wildman–Crippen MR) is 182 cm³/mol. The summed E-state index contributed by atoms with van der Waals surface area (Å²) in [6.07, 6.45) is 19.3. The fourth-order valence-electron chi connectivity index (χ4n) is 4.43. The van der Waals surface area contributed by atoms with Gasteiger partial charge in [0.05, 0.1) is 112 Å². The second-order valence-electron chi connectivity index (χ2n) is 11.2. The number of likely N-dealkylation sites (N-methyl/N-ethyl adjacent to an activating group) is 1. The van der Waals surface area contributed by atoms with Gasteiger partial charge in [0.1, 0.15) is 0 Å². The van der Waals surface area contributed by atoms with Gasteiger partial charge in [-0.25, -0.2) is 0 Å². The highest BCUT2D eigenvalue weighted by atomic mass is 16.6. The monoisotopic (exact) mass is 652 g/mol. The molecule has 1 N–H and O–H groups in total. The summed E-state index contributed by atoms with van der Waals surface area (Å²) >= 11 is 0. The first-order chi connectivity index (χ1) is 22.4. The Balaban J connectivity index is 3.03. The minimum atomic E-state index is 0.539. The van der Waals surface area contributed by atoms with Crippen molar-refractivity contribution in [1.82, 2.24) is 5.32 Å². The second-order valence-corrected chi connectivity index (χ2v) is 11.2. The molecule has 0 fully saturated rings. The van der Waals surface area contributed by atoms with E-state index in [1.54, 1.807) is 0 Å². The highest BCUT2D eigenvalue weighted by molar-refractivity contribution is 4.49. The van der Waals surface area contributed by atoms with Gasteiger partial charge in [-0.05, 0) is 13.5 Å². The van der Waals surface area contributed by atoms with Gasteiger partial charge in [-0.15, -0.1) is 0 Å². The number of hydrogen-bond donors (Lipinski definition) is 1. The van der Waals surface area contributed by atoms with E-state index in [1.165, 1.54) is 83.5 Å². The van der Waals surface area contributed by atoms with Gasteiger partial charge in [0, 0.05) is 13.2 Å². The fourth-order valence-corrected chi connectivity index (χ4v) is 4.43. The normalized spacial score (nSPS) is 11.6. The molecule has 0 bridgehead atoms. The van der Waals surface area contributed by atoms with Crippen LogP contribution in [0, 0.1) is 0 Å². The molecule has 0 aliphatic carbocycles. The lowest BCUT2D eigenvalue weighted by molar-refractivity contribution is -0.0249. The molecule has 0 rings (SSSR count). The van der Waals surface area contributed by atoms with Crippen LogP contribution in [-0.2, 0) is 42.6 Å². The van der Waals surface area contributed by atoms with E-state index in [0.29, 0.717) is 112 Å². The van der Waals surface area contributed by atoms with Gasteiger partial charge in [0.2, 0.25) is 0 Å². The van der Waals surface area contributed by atoms with Crippen LogP contribution in [0.15, 0.2) is 0 Å². The molecule has 0 saturated carbocycles. The van der Waals surface area contributed by atoms with Crippen molar-refractivity contribution in [2.24, 2.45) is 0 Å². The molecule has 0 aromatic carbocycles. The molecule has 10 heteroatoms. The quantitative estimate of drug-likeness (QED) is 0.0812. The SMILES string of the molecule is CCCCCCCCCCCCCCCCOCCOCCOCCOCCOCCOCCOCCOCCOCCNC. The van der Waals surface area contributed by atoms with Crippen LogP contribution in [-0.4, -0.2) is 133 Å². The standard InChI is InChI=1S/C35H73NO9/c1-3-4-5-6-7-8-9-10-11-12-13-14-15-16-18-37-20-22-39-24-26-41-28-30-43-32-34-45-35-33-44-31-29-42-27-25-40-23-21-38-19-17-36-2/h36H,3-35H2,1-2H3. The summed E-state index contributed by atoms with van der Waals surface area (Å²) in [6, 6.07) is 0. The van der Waals surface area contributed by atoms with Gasteiger partial charge < -0.3 is 47.9 Å². The third-order valence-corrected chi connectivity index (χ3v) is 7.11. The Hall–Kier alpha value is -0.400. The molecule has 10 nitrogen and oxygen atoms in total. The molecule has 0 saturated heterocycles. The third kappa shape index (κ3) is 43.6. The van der Waals surface area contributed by atoms with Gasteiger partial charge in [0.25, 0.3) is 0 Å². The summed E-state index contributed by atoms with van der Waals surface area (Å²) in [5, 5.41) is 3.03. The van der Waals surface area contributed by atoms with Crippen LogP contribution >= 0.6 is 0 Å². The maximum Gasteiger partial charge on any atom is 0.0701 e. The summed E-state index contributed by atoms with van der Waals surface area (Å²) in [5.74, 6) is 0. The number of ether oxygens (including phenoxy) is 9. The summed E-state index contributed by atoms with van der Waals surface area (Å²) < 4.78 is 49.5. The van der Waals surface area contributed by atoms with Crippen LogP contribution in [0.5, 0.6) is 0 Å². The molecule has 0 heterocycles. The maximum absolute atomic E-state index is 5.68. The first kappa shape index (κ1) is 44.6. The molecule has 0 aliphatic rings. The van der Waals surface area contributed by atoms with E-state index in [-0.39, 0.29) is 0 Å². The fraction of sp³-hybridized carbons (Fsp3) is 1.00. The Morgan fingerprint density at radius 3 is 0.756 bits per heavy atom. The summed E-state index contributed by atoms with van der Waals surface area (Å²) in [6.45, 7) is 13.8. The molecule has 0 aromatic rings. The highest BCUT2D eigenvalue weighted by Gasteiger charge is 1.97. The number of hydrogen-bond acceptors (Lipinski definition) is 10. The van der Waals surface area contributed by atoms with E-state index in [1.807, 2.05) is 7.05 Å². The Morgan fingerprint density at radius 1 is 0.267 bits per heavy atom. The average Bonchev–Trinajstić information content (AvgIpc) is 3.05. The predicted octanol–water partition coefficient (Wildman–Crippen LogP) is 5.84. The van der Waals surface area contributed by atoms with Crippen LogP contribution in [0.4, 0.5) is 0 Å². The van der Waals surface area contributed by atoms with E-state index < -0.39 is 0 Å². The molecule has 0 spiro atoms. The molecule has 0 radical (unpaired) electrons. The van der Waals surface area contributed by atoms with Crippen molar-refractivity contribution in [3.8, 4) is 0 Å².